The van der Waals surface area contributed by atoms with Gasteiger partial charge in [0.15, 0.2) is 0 Å². The molecule has 0 N–H and O–H groups in total. The maximum absolute atomic E-state index is 7.11. The standard InChI is InChI=1S/C36H20ClN3S/c37-34-23-10-2-1-9-21(23)19-30-33(34)27-13-4-7-15-29(27)40(30)36-38-28-14-6-3-12-26(28)35(39-36)22-17-18-25-24-11-5-8-16-31(24)41-32(25)20-22/h1-20H. The Morgan fingerprint density at radius 2 is 1.27 bits per heavy atom. The summed E-state index contributed by atoms with van der Waals surface area (Å²) in [6.07, 6.45) is 0. The highest BCUT2D eigenvalue weighted by Gasteiger charge is 2.20. The minimum atomic E-state index is 0.632. The topological polar surface area (TPSA) is 30.7 Å². The number of benzene rings is 6. The lowest BCUT2D eigenvalue weighted by Crippen LogP contribution is -2.03. The Kier molecular flexibility index (Phi) is 4.83. The number of fused-ring (bicyclic) bond motifs is 8. The molecule has 3 nitrogen and oxygen atoms in total. The summed E-state index contributed by atoms with van der Waals surface area (Å²) in [5.74, 6) is 0.632. The van der Waals surface area contributed by atoms with E-state index in [1.54, 1.807) is 0 Å². The molecule has 0 bridgehead atoms. The lowest BCUT2D eigenvalue weighted by atomic mass is 10.0. The predicted octanol–water partition coefficient (Wildman–Crippen LogP) is 10.6. The van der Waals surface area contributed by atoms with Crippen LogP contribution >= 0.6 is 22.9 Å². The van der Waals surface area contributed by atoms with Gasteiger partial charge in [-0.25, -0.2) is 9.97 Å². The SMILES string of the molecule is Clc1c2ccccc2cc2c1c1ccccc1n2-c1nc(-c2ccc3c(c2)sc2ccccc23)c2ccccc2n1. The summed E-state index contributed by atoms with van der Waals surface area (Å²) in [5, 5.41) is 8.59. The van der Waals surface area contributed by atoms with E-state index in [9.17, 15) is 0 Å². The van der Waals surface area contributed by atoms with Gasteiger partial charge in [-0.3, -0.25) is 4.57 Å². The largest absolute Gasteiger partial charge is 0.278 e. The average molecular weight is 562 g/mol. The molecule has 3 aromatic heterocycles. The van der Waals surface area contributed by atoms with Crippen molar-refractivity contribution in [3.63, 3.8) is 0 Å². The number of hydrogen-bond donors (Lipinski definition) is 0. The van der Waals surface area contributed by atoms with Gasteiger partial charge >= 0.3 is 0 Å². The molecule has 3 heterocycles. The minimum Gasteiger partial charge on any atom is -0.278 e. The first kappa shape index (κ1) is 23.0. The first-order chi connectivity index (χ1) is 20.2. The van der Waals surface area contributed by atoms with Crippen LogP contribution in [0, 0.1) is 0 Å². The van der Waals surface area contributed by atoms with E-state index in [4.69, 9.17) is 21.6 Å². The van der Waals surface area contributed by atoms with Crippen molar-refractivity contribution in [2.75, 3.05) is 0 Å². The maximum Gasteiger partial charge on any atom is 0.235 e. The highest BCUT2D eigenvalue weighted by Crippen LogP contribution is 2.41. The zero-order valence-electron chi connectivity index (χ0n) is 21.7. The monoisotopic (exact) mass is 561 g/mol. The van der Waals surface area contributed by atoms with E-state index in [-0.39, 0.29) is 0 Å². The number of rotatable bonds is 2. The van der Waals surface area contributed by atoms with Crippen LogP contribution in [0.2, 0.25) is 5.02 Å². The van der Waals surface area contributed by atoms with Crippen LogP contribution < -0.4 is 0 Å². The summed E-state index contributed by atoms with van der Waals surface area (Å²) in [4.78, 5) is 10.4. The van der Waals surface area contributed by atoms with Crippen molar-refractivity contribution >= 4 is 86.6 Å². The van der Waals surface area contributed by atoms with Crippen LogP contribution in [0.5, 0.6) is 0 Å². The zero-order valence-corrected chi connectivity index (χ0v) is 23.2. The molecule has 0 spiro atoms. The van der Waals surface area contributed by atoms with Crippen molar-refractivity contribution in [3.05, 3.63) is 126 Å². The van der Waals surface area contributed by atoms with E-state index in [1.165, 1.54) is 20.2 Å². The Bertz CT molecular complexity index is 2510. The summed E-state index contributed by atoms with van der Waals surface area (Å²) in [6, 6.07) is 42.4. The highest BCUT2D eigenvalue weighted by atomic mass is 35.5. The second kappa shape index (κ2) is 8.61. The van der Waals surface area contributed by atoms with Gasteiger partial charge < -0.3 is 0 Å². The van der Waals surface area contributed by atoms with Gasteiger partial charge in [-0.1, -0.05) is 103 Å². The lowest BCUT2D eigenvalue weighted by Gasteiger charge is -2.12. The maximum atomic E-state index is 7.11. The molecule has 41 heavy (non-hydrogen) atoms. The molecule has 5 heteroatoms. The van der Waals surface area contributed by atoms with E-state index in [0.29, 0.717) is 5.95 Å². The van der Waals surface area contributed by atoms with Crippen molar-refractivity contribution < 1.29 is 0 Å². The van der Waals surface area contributed by atoms with Gasteiger partial charge in [0.05, 0.1) is 27.3 Å². The van der Waals surface area contributed by atoms with Gasteiger partial charge in [0.1, 0.15) is 0 Å². The Labute approximate surface area is 243 Å². The molecule has 0 radical (unpaired) electrons. The van der Waals surface area contributed by atoms with E-state index in [2.05, 4.69) is 108 Å². The fourth-order valence-corrected chi connectivity index (χ4v) is 7.72. The van der Waals surface area contributed by atoms with E-state index < -0.39 is 0 Å². The van der Waals surface area contributed by atoms with E-state index >= 15 is 0 Å². The molecule has 0 fully saturated rings. The fourth-order valence-electron chi connectivity index (χ4n) is 6.20. The van der Waals surface area contributed by atoms with Crippen molar-refractivity contribution in [1.82, 2.24) is 14.5 Å². The summed E-state index contributed by atoms with van der Waals surface area (Å²) >= 11 is 8.93. The molecule has 0 aliphatic carbocycles. The summed E-state index contributed by atoms with van der Waals surface area (Å²) in [7, 11) is 0. The van der Waals surface area contributed by atoms with E-state index in [0.717, 1.165) is 59.8 Å². The van der Waals surface area contributed by atoms with Crippen LogP contribution in [0.25, 0.3) is 80.9 Å². The first-order valence-corrected chi connectivity index (χ1v) is 14.7. The van der Waals surface area contributed by atoms with Crippen molar-refractivity contribution in [2.45, 2.75) is 0 Å². The van der Waals surface area contributed by atoms with Gasteiger partial charge in [-0.2, -0.15) is 0 Å². The Hall–Kier alpha value is -4.77. The lowest BCUT2D eigenvalue weighted by molar-refractivity contribution is 1.01. The van der Waals surface area contributed by atoms with Crippen molar-refractivity contribution in [3.8, 4) is 17.2 Å². The molecule has 0 aliphatic rings. The first-order valence-electron chi connectivity index (χ1n) is 13.5. The van der Waals surface area contributed by atoms with Crippen LogP contribution in [0.3, 0.4) is 0 Å². The zero-order chi connectivity index (χ0) is 27.1. The van der Waals surface area contributed by atoms with Crippen molar-refractivity contribution in [1.29, 1.82) is 0 Å². The second-order valence-electron chi connectivity index (χ2n) is 10.4. The number of halogens is 1. The third kappa shape index (κ3) is 3.32. The van der Waals surface area contributed by atoms with Crippen LogP contribution in [0.4, 0.5) is 0 Å². The third-order valence-corrected chi connectivity index (χ3v) is 9.59. The quantitative estimate of drug-likeness (QED) is 0.210. The Balaban J connectivity index is 1.38. The molecule has 6 aromatic carbocycles. The summed E-state index contributed by atoms with van der Waals surface area (Å²) in [6.45, 7) is 0. The summed E-state index contributed by atoms with van der Waals surface area (Å²) in [5.41, 5.74) is 4.93. The molecule has 0 atom stereocenters. The normalized spacial score (nSPS) is 12.0. The van der Waals surface area contributed by atoms with Crippen molar-refractivity contribution in [2.24, 2.45) is 0 Å². The van der Waals surface area contributed by atoms with Gasteiger partial charge in [0, 0.05) is 47.3 Å². The van der Waals surface area contributed by atoms with Gasteiger partial charge in [-0.05, 0) is 35.7 Å². The number of para-hydroxylation sites is 2. The molecule has 0 amide bonds. The molecule has 0 saturated carbocycles. The molecule has 9 rings (SSSR count). The minimum absolute atomic E-state index is 0.632. The third-order valence-electron chi connectivity index (χ3n) is 8.06. The van der Waals surface area contributed by atoms with Gasteiger partial charge in [0.25, 0.3) is 0 Å². The smallest absolute Gasteiger partial charge is 0.235 e. The Morgan fingerprint density at radius 1 is 0.561 bits per heavy atom. The molecule has 9 aromatic rings. The molecule has 0 aliphatic heterocycles. The van der Waals surface area contributed by atoms with E-state index in [1.807, 2.05) is 29.5 Å². The number of aromatic nitrogens is 3. The van der Waals surface area contributed by atoms with Gasteiger partial charge in [-0.15, -0.1) is 11.3 Å². The Morgan fingerprint density at radius 3 is 2.17 bits per heavy atom. The second-order valence-corrected chi connectivity index (χ2v) is 11.8. The molecule has 0 unspecified atom stereocenters. The number of nitrogens with zero attached hydrogens (tertiary/aromatic N) is 3. The van der Waals surface area contributed by atoms with Crippen LogP contribution in [0.15, 0.2) is 121 Å². The van der Waals surface area contributed by atoms with Crippen LogP contribution in [0.1, 0.15) is 0 Å². The van der Waals surface area contributed by atoms with Crippen LogP contribution in [-0.2, 0) is 0 Å². The fraction of sp³-hybridized carbons (Fsp3) is 0. The molecular formula is C36H20ClN3S. The predicted molar refractivity (Wildman–Crippen MR) is 175 cm³/mol. The number of hydrogen-bond acceptors (Lipinski definition) is 3. The molecular weight excluding hydrogens is 542 g/mol. The van der Waals surface area contributed by atoms with Gasteiger partial charge in [0.2, 0.25) is 5.95 Å². The molecule has 192 valence electrons. The molecule has 0 saturated heterocycles. The van der Waals surface area contributed by atoms with Crippen LogP contribution in [-0.4, -0.2) is 14.5 Å². The highest BCUT2D eigenvalue weighted by molar-refractivity contribution is 7.25. The average Bonchev–Trinajstić information content (AvgIpc) is 3.56. The number of thiophene rings is 1. The summed E-state index contributed by atoms with van der Waals surface area (Å²) < 4.78 is 4.71.